The van der Waals surface area contributed by atoms with Crippen molar-refractivity contribution in [2.75, 3.05) is 6.61 Å². The Morgan fingerprint density at radius 2 is 1.47 bits per heavy atom. The van der Waals surface area contributed by atoms with Gasteiger partial charge >= 0.3 is 5.97 Å². The normalized spacial score (nSPS) is 18.2. The smallest absolute Gasteiger partial charge is 0.303 e. The molecule has 0 radical (unpaired) electrons. The first-order chi connectivity index (χ1) is 7.81. The third-order valence-electron chi connectivity index (χ3n) is 2.17. The number of hydrogen-bond acceptors (Lipinski definition) is 7. The third-order valence-corrected chi connectivity index (χ3v) is 2.17. The monoisotopic (exact) mass is 252 g/mol. The van der Waals surface area contributed by atoms with Gasteiger partial charge in [0.05, 0.1) is 13.0 Å². The zero-order valence-electron chi connectivity index (χ0n) is 8.93. The van der Waals surface area contributed by atoms with Gasteiger partial charge in [-0.15, -0.1) is 0 Å². The molecule has 0 saturated heterocycles. The molecule has 100 valence electrons. The van der Waals surface area contributed by atoms with Gasteiger partial charge in [-0.1, -0.05) is 0 Å². The van der Waals surface area contributed by atoms with E-state index >= 15 is 0 Å². The molecule has 0 bridgehead atoms. The molecule has 0 aromatic heterocycles. The molecule has 0 aliphatic rings. The lowest BCUT2D eigenvalue weighted by Gasteiger charge is -2.24. The Morgan fingerprint density at radius 1 is 0.941 bits per heavy atom. The number of Topliss-reactive ketones (excluding diaryl/α,β-unsaturated/α-hetero) is 1. The summed E-state index contributed by atoms with van der Waals surface area (Å²) in [5, 5.41) is 53.5. The van der Waals surface area contributed by atoms with E-state index in [1.165, 1.54) is 0 Å². The fourth-order valence-electron chi connectivity index (χ4n) is 1.09. The molecular weight excluding hydrogens is 236 g/mol. The molecule has 0 aliphatic heterocycles. The van der Waals surface area contributed by atoms with Crippen molar-refractivity contribution in [3.05, 3.63) is 0 Å². The minimum Gasteiger partial charge on any atom is -0.481 e. The van der Waals surface area contributed by atoms with Gasteiger partial charge in [0.2, 0.25) is 0 Å². The van der Waals surface area contributed by atoms with Crippen LogP contribution in [-0.4, -0.2) is 73.4 Å². The van der Waals surface area contributed by atoms with E-state index in [0.717, 1.165) is 0 Å². The lowest BCUT2D eigenvalue weighted by molar-refractivity contribution is -0.149. The zero-order valence-corrected chi connectivity index (χ0v) is 8.93. The number of rotatable bonds is 8. The lowest BCUT2D eigenvalue weighted by Crippen LogP contribution is -2.48. The minimum absolute atomic E-state index is 0.504. The third kappa shape index (κ3) is 5.20. The van der Waals surface area contributed by atoms with Gasteiger partial charge in [-0.2, -0.15) is 0 Å². The average Bonchev–Trinajstić information content (AvgIpc) is 2.31. The topological polar surface area (TPSA) is 156 Å². The second-order valence-corrected chi connectivity index (χ2v) is 3.54. The van der Waals surface area contributed by atoms with Crippen LogP contribution in [0.2, 0.25) is 0 Å². The van der Waals surface area contributed by atoms with Gasteiger partial charge in [-0.25, -0.2) is 0 Å². The van der Waals surface area contributed by atoms with E-state index in [2.05, 4.69) is 0 Å². The highest BCUT2D eigenvalue weighted by molar-refractivity contribution is 5.86. The number of aliphatic carboxylic acids is 1. The number of carboxylic acids is 1. The second kappa shape index (κ2) is 7.30. The SMILES string of the molecule is O=C(O)CCC(=O)C(O)C(O)C(O)C(O)CO. The summed E-state index contributed by atoms with van der Waals surface area (Å²) >= 11 is 0. The lowest BCUT2D eigenvalue weighted by atomic mass is 9.98. The maximum atomic E-state index is 11.2. The number of ketones is 1. The first-order valence-corrected chi connectivity index (χ1v) is 4.88. The molecule has 0 spiro atoms. The molecule has 0 aromatic rings. The molecule has 0 saturated carbocycles. The Kier molecular flexibility index (Phi) is 6.85. The van der Waals surface area contributed by atoms with Crippen LogP contribution in [0.5, 0.6) is 0 Å². The fourth-order valence-corrected chi connectivity index (χ4v) is 1.09. The molecule has 0 aromatic carbocycles. The summed E-state index contributed by atoms with van der Waals surface area (Å²) < 4.78 is 0. The van der Waals surface area contributed by atoms with Crippen LogP contribution >= 0.6 is 0 Å². The van der Waals surface area contributed by atoms with Crippen molar-refractivity contribution in [3.8, 4) is 0 Å². The number of carboxylic acid groups (broad SMARTS) is 1. The Balaban J connectivity index is 4.32. The van der Waals surface area contributed by atoms with Crippen LogP contribution in [0.25, 0.3) is 0 Å². The molecule has 0 rings (SSSR count). The van der Waals surface area contributed by atoms with Crippen molar-refractivity contribution >= 4 is 11.8 Å². The van der Waals surface area contributed by atoms with E-state index in [0.29, 0.717) is 0 Å². The Hall–Kier alpha value is -1.06. The van der Waals surface area contributed by atoms with Crippen molar-refractivity contribution in [2.45, 2.75) is 37.3 Å². The first kappa shape index (κ1) is 15.9. The summed E-state index contributed by atoms with van der Waals surface area (Å²) in [6.45, 7) is -0.853. The van der Waals surface area contributed by atoms with Crippen LogP contribution < -0.4 is 0 Å². The van der Waals surface area contributed by atoms with Crippen LogP contribution in [0.1, 0.15) is 12.8 Å². The van der Waals surface area contributed by atoms with Crippen molar-refractivity contribution in [1.29, 1.82) is 0 Å². The summed E-state index contributed by atoms with van der Waals surface area (Å²) in [5.74, 6) is -2.21. The van der Waals surface area contributed by atoms with Gasteiger partial charge in [0, 0.05) is 6.42 Å². The fraction of sp³-hybridized carbons (Fsp3) is 0.778. The van der Waals surface area contributed by atoms with Crippen LogP contribution in [-0.2, 0) is 9.59 Å². The van der Waals surface area contributed by atoms with E-state index < -0.39 is 55.6 Å². The Morgan fingerprint density at radius 3 is 1.88 bits per heavy atom. The quantitative estimate of drug-likeness (QED) is 0.264. The number of aliphatic hydroxyl groups excluding tert-OH is 5. The molecular formula is C9H16O8. The van der Waals surface area contributed by atoms with Crippen LogP contribution in [0.15, 0.2) is 0 Å². The highest BCUT2D eigenvalue weighted by Crippen LogP contribution is 2.08. The van der Waals surface area contributed by atoms with E-state index in [9.17, 15) is 24.9 Å². The van der Waals surface area contributed by atoms with E-state index in [4.69, 9.17) is 15.3 Å². The average molecular weight is 252 g/mol. The highest BCUT2D eigenvalue weighted by Gasteiger charge is 2.33. The maximum absolute atomic E-state index is 11.2. The van der Waals surface area contributed by atoms with E-state index in [1.54, 1.807) is 0 Å². The number of hydrogen-bond donors (Lipinski definition) is 6. The van der Waals surface area contributed by atoms with Gasteiger partial charge in [0.15, 0.2) is 5.78 Å². The zero-order chi connectivity index (χ0) is 13.6. The van der Waals surface area contributed by atoms with E-state index in [1.807, 2.05) is 0 Å². The predicted octanol–water partition coefficient (Wildman–Crippen LogP) is -3.14. The molecule has 8 nitrogen and oxygen atoms in total. The maximum Gasteiger partial charge on any atom is 0.303 e. The molecule has 4 atom stereocenters. The van der Waals surface area contributed by atoms with Gasteiger partial charge in [-0.05, 0) is 0 Å². The molecule has 17 heavy (non-hydrogen) atoms. The van der Waals surface area contributed by atoms with Crippen molar-refractivity contribution < 1.29 is 40.2 Å². The molecule has 0 amide bonds. The van der Waals surface area contributed by atoms with Gasteiger partial charge in [0.25, 0.3) is 0 Å². The number of carbonyl (C=O) groups is 2. The minimum atomic E-state index is -2.01. The largest absolute Gasteiger partial charge is 0.481 e. The van der Waals surface area contributed by atoms with Gasteiger partial charge < -0.3 is 30.6 Å². The summed E-state index contributed by atoms with van der Waals surface area (Å²) in [5.41, 5.74) is 0. The Labute approximate surface area is 96.7 Å². The van der Waals surface area contributed by atoms with Crippen LogP contribution in [0.4, 0.5) is 0 Å². The molecule has 0 aliphatic carbocycles. The summed E-state index contributed by atoms with van der Waals surface area (Å²) in [6.07, 6.45) is -8.61. The van der Waals surface area contributed by atoms with Crippen molar-refractivity contribution in [2.24, 2.45) is 0 Å². The number of carbonyl (C=O) groups excluding carboxylic acids is 1. The van der Waals surface area contributed by atoms with Crippen LogP contribution in [0, 0.1) is 0 Å². The molecule has 8 heteroatoms. The second-order valence-electron chi connectivity index (χ2n) is 3.54. The summed E-state index contributed by atoms with van der Waals surface area (Å²) in [4.78, 5) is 21.3. The van der Waals surface area contributed by atoms with Crippen molar-refractivity contribution in [3.63, 3.8) is 0 Å². The van der Waals surface area contributed by atoms with Gasteiger partial charge in [-0.3, -0.25) is 9.59 Å². The number of aliphatic hydroxyl groups is 5. The summed E-state index contributed by atoms with van der Waals surface area (Å²) in [7, 11) is 0. The molecule has 0 fully saturated rings. The molecule has 4 unspecified atom stereocenters. The van der Waals surface area contributed by atoms with Gasteiger partial charge in [0.1, 0.15) is 24.4 Å². The Bertz CT molecular complexity index is 266. The summed E-state index contributed by atoms with van der Waals surface area (Å²) in [6, 6.07) is 0. The van der Waals surface area contributed by atoms with E-state index in [-0.39, 0.29) is 0 Å². The highest BCUT2D eigenvalue weighted by atomic mass is 16.4. The molecule has 0 heterocycles. The molecule has 6 N–H and O–H groups in total. The van der Waals surface area contributed by atoms with Crippen LogP contribution in [0.3, 0.4) is 0 Å². The first-order valence-electron chi connectivity index (χ1n) is 4.88. The van der Waals surface area contributed by atoms with Crippen molar-refractivity contribution in [1.82, 2.24) is 0 Å². The predicted molar refractivity (Wildman–Crippen MR) is 53.0 cm³/mol. The standard InChI is InChI=1S/C9H16O8/c10-3-5(12)8(16)9(17)7(15)4(11)1-2-6(13)14/h5,7-10,12,15-17H,1-3H2,(H,13,14).